The smallest absolute Gasteiger partial charge is 0.219 e. The number of thioether (sulfide) groups is 1. The Labute approximate surface area is 160 Å². The summed E-state index contributed by atoms with van der Waals surface area (Å²) >= 11 is 7.78. The van der Waals surface area contributed by atoms with Gasteiger partial charge >= 0.3 is 0 Å². The quantitative estimate of drug-likeness (QED) is 0.768. The Bertz CT molecular complexity index is 834. The number of hydrogen-bond acceptors (Lipinski definition) is 7. The van der Waals surface area contributed by atoms with Gasteiger partial charge in [0.25, 0.3) is 0 Å². The van der Waals surface area contributed by atoms with Crippen LogP contribution in [0.5, 0.6) is 23.0 Å². The molecule has 0 saturated carbocycles. The number of rotatable bonds is 4. The number of carbonyl (C=O) groups excluding carboxylic acids is 2. The summed E-state index contributed by atoms with van der Waals surface area (Å²) in [6.07, 6.45) is 3.49. The van der Waals surface area contributed by atoms with Crippen molar-refractivity contribution < 1.29 is 28.5 Å². The number of fused-ring (bicyclic) bond motifs is 1. The first-order valence-corrected chi connectivity index (χ1v) is 9.51. The first kappa shape index (κ1) is 18.9. The number of Topliss-reactive ketones (excluding diaryl/α,β-unsaturated/α-hetero) is 1. The fourth-order valence-corrected chi connectivity index (χ4v) is 4.77. The summed E-state index contributed by atoms with van der Waals surface area (Å²) < 4.78 is 22.3. The zero-order valence-corrected chi connectivity index (χ0v) is 16.7. The molecular weight excluding hydrogens is 380 g/mol. The number of allylic oxidation sites excluding steroid dienone is 1. The zero-order chi connectivity index (χ0) is 19.2. The van der Waals surface area contributed by atoms with E-state index in [2.05, 4.69) is 0 Å². The second-order valence-corrected chi connectivity index (χ2v) is 7.29. The molecule has 0 radical (unpaired) electrons. The highest BCUT2D eigenvalue weighted by atomic mass is 35.5. The lowest BCUT2D eigenvalue weighted by molar-refractivity contribution is -0.117. The van der Waals surface area contributed by atoms with Gasteiger partial charge in [0.1, 0.15) is 10.6 Å². The molecule has 2 atom stereocenters. The van der Waals surface area contributed by atoms with Crippen molar-refractivity contribution >= 4 is 34.9 Å². The first-order chi connectivity index (χ1) is 12.4. The molecule has 1 aromatic carbocycles. The monoisotopic (exact) mass is 398 g/mol. The van der Waals surface area contributed by atoms with Gasteiger partial charge < -0.3 is 18.9 Å². The van der Waals surface area contributed by atoms with Crippen LogP contribution in [0, 0.1) is 5.92 Å². The number of ether oxygens (including phenoxy) is 4. The molecule has 8 heteroatoms. The van der Waals surface area contributed by atoms with Gasteiger partial charge in [-0.15, -0.1) is 11.8 Å². The Morgan fingerprint density at radius 1 is 1.15 bits per heavy atom. The number of halogens is 1. The standard InChI is InChI=1S/C18H19ClO6S/c1-8-6-9(20)7-10(26-5)18(8)17(21)11-13(25-18)12(19)15(23-3)16(24-4)14(11)22-2/h7-8H,6H2,1-5H3/t8-,18+/m1/s1. The minimum absolute atomic E-state index is 0.0342. The van der Waals surface area contributed by atoms with Gasteiger partial charge in [-0.3, -0.25) is 9.59 Å². The first-order valence-electron chi connectivity index (χ1n) is 7.91. The Kier molecular flexibility index (Phi) is 4.88. The van der Waals surface area contributed by atoms with Gasteiger partial charge in [-0.05, 0) is 12.3 Å². The molecule has 6 nitrogen and oxygen atoms in total. The SMILES string of the molecule is COc1c(Cl)c2c(c(OC)c1OC)C(=O)[C@@]1(O2)C(SC)=CC(=O)C[C@H]1C. The van der Waals surface area contributed by atoms with Crippen LogP contribution in [0.4, 0.5) is 0 Å². The molecule has 0 amide bonds. The van der Waals surface area contributed by atoms with Crippen molar-refractivity contribution in [2.24, 2.45) is 5.92 Å². The Morgan fingerprint density at radius 2 is 1.77 bits per heavy atom. The van der Waals surface area contributed by atoms with Crippen molar-refractivity contribution in [3.63, 3.8) is 0 Å². The third-order valence-electron chi connectivity index (χ3n) is 4.78. The normalized spacial score (nSPS) is 24.2. The summed E-state index contributed by atoms with van der Waals surface area (Å²) in [7, 11) is 4.31. The number of benzene rings is 1. The van der Waals surface area contributed by atoms with Gasteiger partial charge in [0, 0.05) is 17.2 Å². The maximum Gasteiger partial charge on any atom is 0.219 e. The van der Waals surface area contributed by atoms with Gasteiger partial charge in [0.05, 0.1) is 21.3 Å². The lowest BCUT2D eigenvalue weighted by Gasteiger charge is -2.37. The van der Waals surface area contributed by atoms with Crippen LogP contribution in [0.1, 0.15) is 23.7 Å². The van der Waals surface area contributed by atoms with E-state index in [1.165, 1.54) is 39.2 Å². The Balaban J connectivity index is 2.32. The van der Waals surface area contributed by atoms with E-state index >= 15 is 0 Å². The lowest BCUT2D eigenvalue weighted by Crippen LogP contribution is -2.50. The van der Waals surface area contributed by atoms with E-state index in [-0.39, 0.29) is 57.5 Å². The average molecular weight is 399 g/mol. The molecule has 140 valence electrons. The predicted molar refractivity (Wildman–Crippen MR) is 99.2 cm³/mol. The van der Waals surface area contributed by atoms with Gasteiger partial charge in [-0.1, -0.05) is 18.5 Å². The molecule has 1 aliphatic heterocycles. The summed E-state index contributed by atoms with van der Waals surface area (Å²) in [6.45, 7) is 1.82. The van der Waals surface area contributed by atoms with E-state index in [1.54, 1.807) is 6.26 Å². The van der Waals surface area contributed by atoms with E-state index in [9.17, 15) is 9.59 Å². The molecule has 0 bridgehead atoms. The van der Waals surface area contributed by atoms with Crippen LogP contribution in [0.2, 0.25) is 5.02 Å². The van der Waals surface area contributed by atoms with Crippen molar-refractivity contribution in [2.45, 2.75) is 18.9 Å². The summed E-state index contributed by atoms with van der Waals surface area (Å²) in [5, 5.41) is 0.134. The van der Waals surface area contributed by atoms with Crippen LogP contribution >= 0.6 is 23.4 Å². The molecule has 3 rings (SSSR count). The van der Waals surface area contributed by atoms with E-state index in [1.807, 2.05) is 6.92 Å². The Hall–Kier alpha value is -1.86. The van der Waals surface area contributed by atoms with Gasteiger partial charge in [0.2, 0.25) is 17.1 Å². The van der Waals surface area contributed by atoms with E-state index in [0.29, 0.717) is 4.91 Å². The van der Waals surface area contributed by atoms with Gasteiger partial charge in [-0.2, -0.15) is 0 Å². The van der Waals surface area contributed by atoms with Crippen LogP contribution in [0.25, 0.3) is 0 Å². The molecule has 1 aromatic rings. The molecule has 26 heavy (non-hydrogen) atoms. The third kappa shape index (κ3) is 2.33. The summed E-state index contributed by atoms with van der Waals surface area (Å²) in [5.41, 5.74) is -1.10. The lowest BCUT2D eigenvalue weighted by atomic mass is 9.76. The maximum atomic E-state index is 13.5. The topological polar surface area (TPSA) is 71.1 Å². The third-order valence-corrected chi connectivity index (χ3v) is 5.99. The van der Waals surface area contributed by atoms with E-state index in [0.717, 1.165) is 0 Å². The molecule has 0 fully saturated rings. The largest absolute Gasteiger partial charge is 0.492 e. The number of carbonyl (C=O) groups is 2. The van der Waals surface area contributed by atoms with Crippen molar-refractivity contribution in [3.8, 4) is 23.0 Å². The van der Waals surface area contributed by atoms with Crippen LogP contribution in [0.15, 0.2) is 11.0 Å². The maximum absolute atomic E-state index is 13.5. The predicted octanol–water partition coefficient (Wildman–Crippen LogP) is 3.54. The molecule has 0 N–H and O–H groups in total. The van der Waals surface area contributed by atoms with Crippen molar-refractivity contribution in [3.05, 3.63) is 21.6 Å². The summed E-state index contributed by atoms with van der Waals surface area (Å²) in [6, 6.07) is 0. The molecule has 0 aromatic heterocycles. The van der Waals surface area contributed by atoms with Crippen molar-refractivity contribution in [1.29, 1.82) is 0 Å². The van der Waals surface area contributed by atoms with Crippen LogP contribution in [0.3, 0.4) is 0 Å². The minimum atomic E-state index is -1.30. The molecule has 1 spiro atoms. The minimum Gasteiger partial charge on any atom is -0.492 e. The summed E-state index contributed by atoms with van der Waals surface area (Å²) in [5.74, 6) is 0.147. The number of hydrogen-bond donors (Lipinski definition) is 0. The highest BCUT2D eigenvalue weighted by Gasteiger charge is 2.59. The van der Waals surface area contributed by atoms with Gasteiger partial charge in [-0.25, -0.2) is 0 Å². The fourth-order valence-electron chi connectivity index (χ4n) is 3.59. The molecular formula is C18H19ClO6S. The second-order valence-electron chi connectivity index (χ2n) is 6.07. The van der Waals surface area contributed by atoms with Crippen LogP contribution in [-0.4, -0.2) is 44.8 Å². The van der Waals surface area contributed by atoms with Crippen molar-refractivity contribution in [1.82, 2.24) is 0 Å². The fraction of sp³-hybridized carbons (Fsp3) is 0.444. The average Bonchev–Trinajstić information content (AvgIpc) is 2.93. The van der Waals surface area contributed by atoms with Gasteiger partial charge in [0.15, 0.2) is 23.0 Å². The summed E-state index contributed by atoms with van der Waals surface area (Å²) in [4.78, 5) is 26.1. The Morgan fingerprint density at radius 3 is 2.31 bits per heavy atom. The van der Waals surface area contributed by atoms with Crippen molar-refractivity contribution in [2.75, 3.05) is 27.6 Å². The molecule has 1 heterocycles. The molecule has 2 aliphatic rings. The van der Waals surface area contributed by atoms with Crippen LogP contribution < -0.4 is 18.9 Å². The number of methoxy groups -OCH3 is 3. The zero-order valence-electron chi connectivity index (χ0n) is 15.1. The number of ketones is 2. The highest BCUT2D eigenvalue weighted by Crippen LogP contribution is 2.59. The van der Waals surface area contributed by atoms with Crippen LogP contribution in [-0.2, 0) is 4.79 Å². The second kappa shape index (κ2) is 6.70. The molecule has 0 unspecified atom stereocenters. The van der Waals surface area contributed by atoms with E-state index in [4.69, 9.17) is 30.5 Å². The molecule has 0 saturated heterocycles. The molecule has 1 aliphatic carbocycles. The highest BCUT2D eigenvalue weighted by molar-refractivity contribution is 8.02. The van der Waals surface area contributed by atoms with E-state index < -0.39 is 5.60 Å².